The van der Waals surface area contributed by atoms with Gasteiger partial charge in [-0.25, -0.2) is 18.9 Å². The summed E-state index contributed by atoms with van der Waals surface area (Å²) in [5.41, 5.74) is 4.52. The van der Waals surface area contributed by atoms with E-state index in [0.717, 1.165) is 27.4 Å². The Balaban J connectivity index is 1.64. The third kappa shape index (κ3) is 4.37. The molecule has 3 heterocycles. The molecule has 178 valence electrons. The molecule has 0 bridgehead atoms. The number of aromatic nitrogens is 4. The number of rotatable bonds is 5. The standard InChI is InChI=1S/C24H21FN6O3S/c1-3-34-24(33)28-15-6-9-19(17(25)11-15)31-21-16(20(30-31)14-5-4-10-26-12-14)7-8-18-22(21)35-23(29-18)27-13(2)32/h4-6,9-12H,3,7-8H2,1-2H3,(H,28,33)(H,27,29,32). The average Bonchev–Trinajstić information content (AvgIpc) is 3.40. The van der Waals surface area contributed by atoms with Gasteiger partial charge in [-0.2, -0.15) is 5.10 Å². The van der Waals surface area contributed by atoms with Crippen molar-refractivity contribution < 1.29 is 18.7 Å². The van der Waals surface area contributed by atoms with Crippen LogP contribution in [0.4, 0.5) is 20.0 Å². The van der Waals surface area contributed by atoms with Crippen LogP contribution in [0.2, 0.25) is 0 Å². The average molecular weight is 493 g/mol. The number of benzene rings is 1. The zero-order valence-corrected chi connectivity index (χ0v) is 19.8. The van der Waals surface area contributed by atoms with Gasteiger partial charge in [0.15, 0.2) is 10.9 Å². The summed E-state index contributed by atoms with van der Waals surface area (Å²) >= 11 is 1.33. The Bertz CT molecular complexity index is 1430. The molecular formula is C24H21FN6O3S. The van der Waals surface area contributed by atoms with E-state index in [4.69, 9.17) is 9.84 Å². The van der Waals surface area contributed by atoms with E-state index >= 15 is 4.39 Å². The van der Waals surface area contributed by atoms with Gasteiger partial charge in [-0.15, -0.1) is 0 Å². The second-order valence-electron chi connectivity index (χ2n) is 7.82. The van der Waals surface area contributed by atoms with E-state index in [1.54, 1.807) is 36.1 Å². The number of amides is 2. The quantitative estimate of drug-likeness (QED) is 0.413. The lowest BCUT2D eigenvalue weighted by atomic mass is 9.95. The summed E-state index contributed by atoms with van der Waals surface area (Å²) in [5.74, 6) is -0.780. The number of carbonyl (C=O) groups is 2. The number of halogens is 1. The van der Waals surface area contributed by atoms with Crippen molar-refractivity contribution >= 4 is 34.2 Å². The van der Waals surface area contributed by atoms with Gasteiger partial charge in [-0.1, -0.05) is 11.3 Å². The molecule has 0 unspecified atom stereocenters. The highest BCUT2D eigenvalue weighted by atomic mass is 32.1. The Morgan fingerprint density at radius 3 is 2.80 bits per heavy atom. The molecule has 4 aromatic rings. The zero-order valence-electron chi connectivity index (χ0n) is 19.0. The van der Waals surface area contributed by atoms with Gasteiger partial charge in [-0.3, -0.25) is 15.1 Å². The van der Waals surface area contributed by atoms with Crippen LogP contribution in [0.5, 0.6) is 0 Å². The van der Waals surface area contributed by atoms with Crippen LogP contribution < -0.4 is 10.6 Å². The second kappa shape index (κ2) is 9.26. The summed E-state index contributed by atoms with van der Waals surface area (Å²) in [6.45, 7) is 3.33. The van der Waals surface area contributed by atoms with Gasteiger partial charge in [0.05, 0.1) is 28.6 Å². The fourth-order valence-corrected chi connectivity index (χ4v) is 5.14. The monoisotopic (exact) mass is 492 g/mol. The molecule has 1 aliphatic carbocycles. The minimum atomic E-state index is -0.658. The largest absolute Gasteiger partial charge is 0.450 e. The van der Waals surface area contributed by atoms with Crippen molar-refractivity contribution in [2.24, 2.45) is 0 Å². The normalized spacial score (nSPS) is 12.0. The summed E-state index contributed by atoms with van der Waals surface area (Å²) in [5, 5.41) is 10.5. The summed E-state index contributed by atoms with van der Waals surface area (Å²) in [7, 11) is 0. The Labute approximate surface area is 204 Å². The van der Waals surface area contributed by atoms with Crippen molar-refractivity contribution in [2.45, 2.75) is 26.7 Å². The van der Waals surface area contributed by atoms with Crippen LogP contribution in [0, 0.1) is 5.82 Å². The number of thiazole rings is 1. The molecule has 3 aromatic heterocycles. The molecule has 0 atom stereocenters. The van der Waals surface area contributed by atoms with Crippen LogP contribution in [0.25, 0.3) is 27.5 Å². The van der Waals surface area contributed by atoms with Crippen molar-refractivity contribution in [2.75, 3.05) is 17.2 Å². The number of ether oxygens (including phenoxy) is 1. The highest BCUT2D eigenvalue weighted by Crippen LogP contribution is 2.44. The summed E-state index contributed by atoms with van der Waals surface area (Å²) in [6, 6.07) is 8.11. The fourth-order valence-electron chi connectivity index (χ4n) is 4.02. The Morgan fingerprint density at radius 2 is 2.09 bits per heavy atom. The molecule has 0 aliphatic heterocycles. The van der Waals surface area contributed by atoms with Crippen LogP contribution in [0.15, 0.2) is 42.7 Å². The molecule has 5 rings (SSSR count). The molecule has 9 nitrogen and oxygen atoms in total. The van der Waals surface area contributed by atoms with Gasteiger partial charge in [0, 0.05) is 36.1 Å². The molecule has 0 fully saturated rings. The number of aryl methyl sites for hydroxylation is 1. The lowest BCUT2D eigenvalue weighted by Crippen LogP contribution is -2.14. The van der Waals surface area contributed by atoms with E-state index in [0.29, 0.717) is 23.7 Å². The van der Waals surface area contributed by atoms with Crippen molar-refractivity contribution in [1.82, 2.24) is 19.7 Å². The van der Waals surface area contributed by atoms with Crippen LogP contribution in [-0.4, -0.2) is 38.4 Å². The number of fused-ring (bicyclic) bond motifs is 3. The van der Waals surface area contributed by atoms with Crippen molar-refractivity contribution in [1.29, 1.82) is 0 Å². The highest BCUT2D eigenvalue weighted by Gasteiger charge is 2.30. The molecule has 0 saturated heterocycles. The molecule has 11 heteroatoms. The van der Waals surface area contributed by atoms with E-state index in [1.807, 2.05) is 12.1 Å². The van der Waals surface area contributed by atoms with E-state index in [1.165, 1.54) is 24.3 Å². The molecule has 35 heavy (non-hydrogen) atoms. The lowest BCUT2D eigenvalue weighted by Gasteiger charge is -2.15. The molecule has 2 N–H and O–H groups in total. The van der Waals surface area contributed by atoms with Gasteiger partial charge in [-0.05, 0) is 50.1 Å². The number of pyridine rings is 1. The van der Waals surface area contributed by atoms with E-state index in [-0.39, 0.29) is 23.9 Å². The number of hydrogen-bond acceptors (Lipinski definition) is 7. The maximum Gasteiger partial charge on any atom is 0.411 e. The van der Waals surface area contributed by atoms with Crippen LogP contribution >= 0.6 is 11.3 Å². The number of nitrogens with one attached hydrogen (secondary N) is 2. The zero-order chi connectivity index (χ0) is 24.5. The van der Waals surface area contributed by atoms with Crippen LogP contribution in [0.1, 0.15) is 25.1 Å². The van der Waals surface area contributed by atoms with Crippen molar-refractivity contribution in [3.63, 3.8) is 0 Å². The number of nitrogens with zero attached hydrogens (tertiary/aromatic N) is 4. The fraction of sp³-hybridized carbons (Fsp3) is 0.208. The molecule has 1 aromatic carbocycles. The predicted octanol–water partition coefficient (Wildman–Crippen LogP) is 4.82. The topological polar surface area (TPSA) is 111 Å². The molecule has 0 saturated carbocycles. The number of hydrogen-bond donors (Lipinski definition) is 2. The summed E-state index contributed by atoms with van der Waals surface area (Å²) in [6.07, 6.45) is 4.07. The van der Waals surface area contributed by atoms with E-state index < -0.39 is 11.9 Å². The minimum Gasteiger partial charge on any atom is -0.450 e. The molecule has 0 spiro atoms. The first kappa shape index (κ1) is 22.7. The maximum atomic E-state index is 15.4. The predicted molar refractivity (Wildman–Crippen MR) is 130 cm³/mol. The van der Waals surface area contributed by atoms with Crippen LogP contribution in [-0.2, 0) is 22.4 Å². The first-order chi connectivity index (χ1) is 16.9. The molecular weight excluding hydrogens is 471 g/mol. The summed E-state index contributed by atoms with van der Waals surface area (Å²) in [4.78, 5) is 32.9. The smallest absolute Gasteiger partial charge is 0.411 e. The molecule has 1 aliphatic rings. The SMILES string of the molecule is CCOC(=O)Nc1ccc(-n2nc(-c3cccnc3)c3c2-c2sc(NC(C)=O)nc2CC3)c(F)c1. The Kier molecular flexibility index (Phi) is 6.00. The third-order valence-corrected chi connectivity index (χ3v) is 6.44. The van der Waals surface area contributed by atoms with E-state index in [9.17, 15) is 9.59 Å². The van der Waals surface area contributed by atoms with Crippen LogP contribution in [0.3, 0.4) is 0 Å². The molecule has 0 radical (unpaired) electrons. The Morgan fingerprint density at radius 1 is 1.23 bits per heavy atom. The second-order valence-corrected chi connectivity index (χ2v) is 8.82. The van der Waals surface area contributed by atoms with Gasteiger partial charge in [0.2, 0.25) is 5.91 Å². The maximum absolute atomic E-state index is 15.4. The Hall–Kier alpha value is -4.12. The summed E-state index contributed by atoms with van der Waals surface area (Å²) < 4.78 is 21.8. The highest BCUT2D eigenvalue weighted by molar-refractivity contribution is 7.19. The van der Waals surface area contributed by atoms with E-state index in [2.05, 4.69) is 20.6 Å². The first-order valence-corrected chi connectivity index (χ1v) is 11.8. The third-order valence-electron chi connectivity index (χ3n) is 5.42. The lowest BCUT2D eigenvalue weighted by molar-refractivity contribution is -0.114. The van der Waals surface area contributed by atoms with Crippen molar-refractivity contribution in [3.8, 4) is 27.5 Å². The first-order valence-electron chi connectivity index (χ1n) is 11.0. The number of anilines is 2. The number of carbonyl (C=O) groups excluding carboxylic acids is 2. The van der Waals surface area contributed by atoms with Gasteiger partial charge in [0.25, 0.3) is 0 Å². The van der Waals surface area contributed by atoms with Gasteiger partial charge < -0.3 is 10.1 Å². The minimum absolute atomic E-state index is 0.209. The van der Waals surface area contributed by atoms with Crippen molar-refractivity contribution in [3.05, 3.63) is 59.8 Å². The van der Waals surface area contributed by atoms with Gasteiger partial charge in [0.1, 0.15) is 5.69 Å². The van der Waals surface area contributed by atoms with Gasteiger partial charge >= 0.3 is 6.09 Å². The molecule has 2 amide bonds.